The lowest BCUT2D eigenvalue weighted by atomic mass is 9.97. The van der Waals surface area contributed by atoms with Crippen molar-refractivity contribution < 1.29 is 9.59 Å². The zero-order valence-electron chi connectivity index (χ0n) is 13.8. The van der Waals surface area contributed by atoms with Gasteiger partial charge in [-0.25, -0.2) is 9.50 Å². The van der Waals surface area contributed by atoms with Crippen molar-refractivity contribution in [3.05, 3.63) is 41.8 Å². The number of likely N-dealkylation sites (tertiary alicyclic amines) is 1. The van der Waals surface area contributed by atoms with E-state index in [0.717, 1.165) is 18.4 Å². The van der Waals surface area contributed by atoms with Gasteiger partial charge >= 0.3 is 0 Å². The van der Waals surface area contributed by atoms with Gasteiger partial charge in [-0.3, -0.25) is 9.59 Å². The van der Waals surface area contributed by atoms with Crippen LogP contribution >= 0.6 is 11.6 Å². The van der Waals surface area contributed by atoms with Gasteiger partial charge in [-0.2, -0.15) is 5.10 Å². The molecule has 1 aliphatic heterocycles. The van der Waals surface area contributed by atoms with Crippen LogP contribution < -0.4 is 5.32 Å². The third kappa shape index (κ3) is 3.99. The van der Waals surface area contributed by atoms with Crippen LogP contribution in [0.1, 0.15) is 18.4 Å². The van der Waals surface area contributed by atoms with E-state index in [1.807, 2.05) is 6.20 Å². The summed E-state index contributed by atoms with van der Waals surface area (Å²) in [5.74, 6) is -0.296. The van der Waals surface area contributed by atoms with Gasteiger partial charge in [-0.05, 0) is 30.9 Å². The molecular weight excluding hydrogens is 342 g/mol. The number of amides is 2. The second-order valence-corrected chi connectivity index (χ2v) is 6.50. The van der Waals surface area contributed by atoms with E-state index in [9.17, 15) is 9.59 Å². The van der Waals surface area contributed by atoms with Crippen LogP contribution in [0.2, 0.25) is 5.02 Å². The Labute approximate surface area is 150 Å². The van der Waals surface area contributed by atoms with Crippen LogP contribution in [0, 0.1) is 5.92 Å². The molecule has 0 bridgehead atoms. The molecule has 1 fully saturated rings. The third-order valence-electron chi connectivity index (χ3n) is 4.36. The number of piperidine rings is 1. The Morgan fingerprint density at radius 1 is 1.44 bits per heavy atom. The van der Waals surface area contributed by atoms with Crippen molar-refractivity contribution in [3.63, 3.8) is 0 Å². The monoisotopic (exact) mass is 361 g/mol. The van der Waals surface area contributed by atoms with Gasteiger partial charge in [0.25, 0.3) is 0 Å². The summed E-state index contributed by atoms with van der Waals surface area (Å²) in [4.78, 5) is 30.0. The van der Waals surface area contributed by atoms with E-state index in [1.165, 1.54) is 6.08 Å². The smallest absolute Gasteiger partial charge is 0.245 e. The van der Waals surface area contributed by atoms with Crippen molar-refractivity contribution in [2.75, 3.05) is 19.6 Å². The molecule has 0 spiro atoms. The Kier molecular flexibility index (Phi) is 5.33. The van der Waals surface area contributed by atoms with Crippen molar-refractivity contribution in [2.24, 2.45) is 5.92 Å². The van der Waals surface area contributed by atoms with Crippen LogP contribution in [-0.4, -0.2) is 50.9 Å². The van der Waals surface area contributed by atoms with E-state index >= 15 is 0 Å². The first-order valence-corrected chi connectivity index (χ1v) is 8.63. The Morgan fingerprint density at radius 3 is 3.08 bits per heavy atom. The molecule has 0 saturated carbocycles. The second kappa shape index (κ2) is 7.65. The molecule has 2 aromatic heterocycles. The highest BCUT2D eigenvalue weighted by Gasteiger charge is 2.27. The fraction of sp³-hybridized carbons (Fsp3) is 0.412. The van der Waals surface area contributed by atoms with E-state index < -0.39 is 0 Å². The molecule has 8 heteroatoms. The van der Waals surface area contributed by atoms with Crippen molar-refractivity contribution in [1.82, 2.24) is 24.8 Å². The summed E-state index contributed by atoms with van der Waals surface area (Å²) in [6, 6.07) is 0. The lowest BCUT2D eigenvalue weighted by Crippen LogP contribution is -2.45. The maximum absolute atomic E-state index is 12.3. The van der Waals surface area contributed by atoms with E-state index in [2.05, 4.69) is 22.0 Å². The van der Waals surface area contributed by atoms with E-state index in [1.54, 1.807) is 21.8 Å². The molecule has 2 aromatic rings. The van der Waals surface area contributed by atoms with Crippen LogP contribution in [0.3, 0.4) is 0 Å². The highest BCUT2D eigenvalue weighted by Crippen LogP contribution is 2.17. The fourth-order valence-electron chi connectivity index (χ4n) is 3.01. The summed E-state index contributed by atoms with van der Waals surface area (Å²) in [5.41, 5.74) is 1.57. The van der Waals surface area contributed by atoms with Crippen molar-refractivity contribution >= 4 is 29.1 Å². The second-order valence-electron chi connectivity index (χ2n) is 6.09. The van der Waals surface area contributed by atoms with Gasteiger partial charge in [0.2, 0.25) is 11.8 Å². The van der Waals surface area contributed by atoms with Crippen molar-refractivity contribution in [1.29, 1.82) is 0 Å². The lowest BCUT2D eigenvalue weighted by molar-refractivity contribution is -0.132. The molecule has 7 nitrogen and oxygen atoms in total. The number of fused-ring (bicyclic) bond motifs is 1. The summed E-state index contributed by atoms with van der Waals surface area (Å²) in [5, 5.41) is 7.57. The van der Waals surface area contributed by atoms with Gasteiger partial charge in [0, 0.05) is 32.0 Å². The molecule has 1 aliphatic rings. The van der Waals surface area contributed by atoms with Crippen LogP contribution in [0.4, 0.5) is 0 Å². The SMILES string of the molecule is C=CC(=O)N1CCC[C@@H](C(=O)NCCc2cnc3c(Cl)cnn3c2)C1. The highest BCUT2D eigenvalue weighted by atomic mass is 35.5. The van der Waals surface area contributed by atoms with E-state index in [0.29, 0.717) is 36.7 Å². The first-order chi connectivity index (χ1) is 12.1. The van der Waals surface area contributed by atoms with Crippen molar-refractivity contribution in [2.45, 2.75) is 19.3 Å². The minimum Gasteiger partial charge on any atom is -0.355 e. The van der Waals surface area contributed by atoms with Crippen LogP contribution in [-0.2, 0) is 16.0 Å². The van der Waals surface area contributed by atoms with Crippen LogP contribution in [0.25, 0.3) is 5.65 Å². The van der Waals surface area contributed by atoms with Gasteiger partial charge < -0.3 is 10.2 Å². The van der Waals surface area contributed by atoms with Crippen molar-refractivity contribution in [3.8, 4) is 0 Å². The standard InChI is InChI=1S/C17H20ClN5O2/c1-2-15(24)22-7-3-4-13(11-22)17(25)19-6-5-12-8-20-16-14(18)9-21-23(16)10-12/h2,8-10,13H,1,3-7,11H2,(H,19,25)/t13-/m1/s1. The average molecular weight is 362 g/mol. The predicted molar refractivity (Wildman–Crippen MR) is 94.2 cm³/mol. The summed E-state index contributed by atoms with van der Waals surface area (Å²) in [6.45, 7) is 5.15. The predicted octanol–water partition coefficient (Wildman–Crippen LogP) is 1.47. The number of nitrogens with zero attached hydrogens (tertiary/aromatic N) is 4. The van der Waals surface area contributed by atoms with Gasteiger partial charge in [-0.15, -0.1) is 0 Å². The maximum Gasteiger partial charge on any atom is 0.245 e. The molecule has 1 atom stereocenters. The minimum atomic E-state index is -0.164. The largest absolute Gasteiger partial charge is 0.355 e. The first kappa shape index (κ1) is 17.4. The number of hydrogen-bond acceptors (Lipinski definition) is 4. The summed E-state index contributed by atoms with van der Waals surface area (Å²) < 4.78 is 1.62. The summed E-state index contributed by atoms with van der Waals surface area (Å²) in [7, 11) is 0. The zero-order valence-corrected chi connectivity index (χ0v) is 14.6. The molecule has 0 aromatic carbocycles. The van der Waals surface area contributed by atoms with Gasteiger partial charge in [-0.1, -0.05) is 18.2 Å². The molecule has 25 heavy (non-hydrogen) atoms. The Morgan fingerprint density at radius 2 is 2.28 bits per heavy atom. The number of hydrogen-bond donors (Lipinski definition) is 1. The van der Waals surface area contributed by atoms with E-state index in [-0.39, 0.29) is 17.7 Å². The third-order valence-corrected chi connectivity index (χ3v) is 4.62. The van der Waals surface area contributed by atoms with Crippen LogP contribution in [0.5, 0.6) is 0 Å². The Balaban J connectivity index is 1.51. The first-order valence-electron chi connectivity index (χ1n) is 8.25. The molecule has 0 aliphatic carbocycles. The number of carbonyl (C=O) groups is 2. The Bertz CT molecular complexity index is 803. The molecule has 1 saturated heterocycles. The zero-order chi connectivity index (χ0) is 17.8. The quantitative estimate of drug-likeness (QED) is 0.818. The van der Waals surface area contributed by atoms with Gasteiger partial charge in [0.15, 0.2) is 5.65 Å². The number of aromatic nitrogens is 3. The molecule has 1 N–H and O–H groups in total. The fourth-order valence-corrected chi connectivity index (χ4v) is 3.19. The summed E-state index contributed by atoms with van der Waals surface area (Å²) >= 11 is 5.96. The Hall–Kier alpha value is -2.41. The molecule has 2 amide bonds. The van der Waals surface area contributed by atoms with E-state index in [4.69, 9.17) is 11.6 Å². The topological polar surface area (TPSA) is 79.6 Å². The number of rotatable bonds is 5. The summed E-state index contributed by atoms with van der Waals surface area (Å²) in [6.07, 6.45) is 8.71. The van der Waals surface area contributed by atoms with Crippen LogP contribution in [0.15, 0.2) is 31.2 Å². The highest BCUT2D eigenvalue weighted by molar-refractivity contribution is 6.33. The molecule has 3 heterocycles. The maximum atomic E-state index is 12.3. The molecule has 132 valence electrons. The minimum absolute atomic E-state index is 0.0160. The average Bonchev–Trinajstić information content (AvgIpc) is 3.01. The number of nitrogens with one attached hydrogen (secondary N) is 1. The number of carbonyl (C=O) groups excluding carboxylic acids is 2. The number of halogens is 1. The van der Waals surface area contributed by atoms with Gasteiger partial charge in [0.1, 0.15) is 5.02 Å². The lowest BCUT2D eigenvalue weighted by Gasteiger charge is -2.31. The molecule has 3 rings (SSSR count). The molecular formula is C17H20ClN5O2. The molecule has 0 radical (unpaired) electrons. The normalized spacial score (nSPS) is 17.5. The van der Waals surface area contributed by atoms with Gasteiger partial charge in [0.05, 0.1) is 12.1 Å². The molecule has 0 unspecified atom stereocenters.